The van der Waals surface area contributed by atoms with Gasteiger partial charge in [0.15, 0.2) is 11.5 Å². The Labute approximate surface area is 166 Å². The summed E-state index contributed by atoms with van der Waals surface area (Å²) in [5.41, 5.74) is 0.835. The lowest BCUT2D eigenvalue weighted by molar-refractivity contribution is 0.102. The quantitative estimate of drug-likeness (QED) is 0.665. The molecule has 0 fully saturated rings. The highest BCUT2D eigenvalue weighted by atomic mass is 32.2. The summed E-state index contributed by atoms with van der Waals surface area (Å²) in [6.07, 6.45) is 0. The molecule has 4 rings (SSSR count). The Kier molecular flexibility index (Phi) is 4.81. The predicted molar refractivity (Wildman–Crippen MR) is 104 cm³/mol. The van der Waals surface area contributed by atoms with Gasteiger partial charge < -0.3 is 14.8 Å². The Morgan fingerprint density at radius 1 is 0.897 bits per heavy atom. The van der Waals surface area contributed by atoms with Crippen LogP contribution in [0.2, 0.25) is 0 Å². The third kappa shape index (κ3) is 4.14. The van der Waals surface area contributed by atoms with E-state index < -0.39 is 21.7 Å². The van der Waals surface area contributed by atoms with Crippen LogP contribution in [0.25, 0.3) is 0 Å². The van der Waals surface area contributed by atoms with Crippen LogP contribution >= 0.6 is 0 Å². The number of rotatable bonds is 5. The van der Waals surface area contributed by atoms with Crippen LogP contribution in [0.5, 0.6) is 11.5 Å². The lowest BCUT2D eigenvalue weighted by Crippen LogP contribution is -2.16. The van der Waals surface area contributed by atoms with E-state index in [1.54, 1.807) is 12.1 Å². The highest BCUT2D eigenvalue weighted by Gasteiger charge is 2.19. The number of carbonyl (C=O) groups is 1. The molecule has 7 nitrogen and oxygen atoms in total. The number of hydrogen-bond acceptors (Lipinski definition) is 5. The molecule has 0 spiro atoms. The smallest absolute Gasteiger partial charge is 0.261 e. The minimum Gasteiger partial charge on any atom is -0.454 e. The molecule has 0 saturated carbocycles. The van der Waals surface area contributed by atoms with Crippen molar-refractivity contribution in [3.8, 4) is 11.5 Å². The fraction of sp³-hybridized carbons (Fsp3) is 0.0500. The van der Waals surface area contributed by atoms with Gasteiger partial charge in [-0.05, 0) is 54.6 Å². The molecule has 1 amide bonds. The van der Waals surface area contributed by atoms with Gasteiger partial charge >= 0.3 is 0 Å². The van der Waals surface area contributed by atoms with Crippen molar-refractivity contribution in [3.05, 3.63) is 78.1 Å². The third-order valence-electron chi connectivity index (χ3n) is 4.13. The van der Waals surface area contributed by atoms with E-state index >= 15 is 0 Å². The summed E-state index contributed by atoms with van der Waals surface area (Å²) in [4.78, 5) is 12.3. The zero-order valence-electron chi connectivity index (χ0n) is 14.9. The number of ether oxygens (including phenoxy) is 2. The summed E-state index contributed by atoms with van der Waals surface area (Å²) in [7, 11) is -3.94. The number of nitrogens with one attached hydrogen (secondary N) is 2. The zero-order chi connectivity index (χ0) is 20.4. The molecule has 1 aliphatic heterocycles. The maximum atomic E-state index is 13.0. The van der Waals surface area contributed by atoms with Crippen molar-refractivity contribution in [1.82, 2.24) is 0 Å². The number of benzene rings is 3. The monoisotopic (exact) mass is 414 g/mol. The number of halogens is 1. The van der Waals surface area contributed by atoms with Gasteiger partial charge in [-0.2, -0.15) is 0 Å². The van der Waals surface area contributed by atoms with Crippen molar-refractivity contribution in [1.29, 1.82) is 0 Å². The van der Waals surface area contributed by atoms with E-state index in [4.69, 9.17) is 9.47 Å². The molecule has 2 N–H and O–H groups in total. The van der Waals surface area contributed by atoms with Crippen LogP contribution in [0.4, 0.5) is 15.8 Å². The molecule has 0 aliphatic carbocycles. The topological polar surface area (TPSA) is 93.7 Å². The van der Waals surface area contributed by atoms with Crippen molar-refractivity contribution in [2.75, 3.05) is 16.8 Å². The second-order valence-corrected chi connectivity index (χ2v) is 7.84. The van der Waals surface area contributed by atoms with E-state index in [9.17, 15) is 17.6 Å². The fourth-order valence-electron chi connectivity index (χ4n) is 2.72. The molecule has 0 radical (unpaired) electrons. The molecular formula is C20H15FN2O5S. The first-order chi connectivity index (χ1) is 13.9. The van der Waals surface area contributed by atoms with E-state index in [-0.39, 0.29) is 17.3 Å². The number of hydrogen-bond donors (Lipinski definition) is 2. The Hall–Kier alpha value is -3.59. The van der Waals surface area contributed by atoms with E-state index in [1.165, 1.54) is 54.6 Å². The molecule has 3 aromatic carbocycles. The Morgan fingerprint density at radius 2 is 1.62 bits per heavy atom. The third-order valence-corrected chi connectivity index (χ3v) is 5.51. The van der Waals surface area contributed by atoms with Crippen molar-refractivity contribution in [2.24, 2.45) is 0 Å². The summed E-state index contributed by atoms with van der Waals surface area (Å²) < 4.78 is 51.3. The van der Waals surface area contributed by atoms with Crippen LogP contribution in [-0.2, 0) is 10.0 Å². The van der Waals surface area contributed by atoms with E-state index in [2.05, 4.69) is 10.0 Å². The van der Waals surface area contributed by atoms with Crippen molar-refractivity contribution >= 4 is 27.3 Å². The van der Waals surface area contributed by atoms with Crippen LogP contribution in [0.3, 0.4) is 0 Å². The first-order valence-corrected chi connectivity index (χ1v) is 9.98. The largest absolute Gasteiger partial charge is 0.454 e. The van der Waals surface area contributed by atoms with Gasteiger partial charge in [-0.25, -0.2) is 12.8 Å². The SMILES string of the molecule is O=C(Nc1ccc(F)cc1)c1cccc(S(=O)(=O)Nc2ccc3c(c2)OCO3)c1. The van der Waals surface area contributed by atoms with Gasteiger partial charge in [-0.3, -0.25) is 9.52 Å². The number of amides is 1. The molecular weight excluding hydrogens is 399 g/mol. The van der Waals surface area contributed by atoms with Crippen LogP contribution in [0.1, 0.15) is 10.4 Å². The molecule has 148 valence electrons. The molecule has 29 heavy (non-hydrogen) atoms. The number of carbonyl (C=O) groups excluding carboxylic acids is 1. The zero-order valence-corrected chi connectivity index (χ0v) is 15.7. The van der Waals surface area contributed by atoms with Gasteiger partial charge in [0.2, 0.25) is 6.79 Å². The van der Waals surface area contributed by atoms with Crippen LogP contribution < -0.4 is 19.5 Å². The normalized spacial score (nSPS) is 12.4. The Morgan fingerprint density at radius 3 is 2.41 bits per heavy atom. The molecule has 0 unspecified atom stereocenters. The molecule has 1 heterocycles. The molecule has 1 aliphatic rings. The second kappa shape index (κ2) is 7.44. The van der Waals surface area contributed by atoms with Gasteiger partial charge in [0.25, 0.3) is 15.9 Å². The minimum absolute atomic E-state index is 0.0801. The predicted octanol–water partition coefficient (Wildman–Crippen LogP) is 3.61. The average Bonchev–Trinajstić information content (AvgIpc) is 3.17. The summed E-state index contributed by atoms with van der Waals surface area (Å²) in [6.45, 7) is 0.0801. The highest BCUT2D eigenvalue weighted by Crippen LogP contribution is 2.34. The lowest BCUT2D eigenvalue weighted by Gasteiger charge is -2.10. The number of anilines is 2. The summed E-state index contributed by atoms with van der Waals surface area (Å²) in [5.74, 6) is 0.0347. The van der Waals surface area contributed by atoms with Gasteiger partial charge in [0, 0.05) is 17.3 Å². The molecule has 0 bridgehead atoms. The standard InChI is InChI=1S/C20H15FN2O5S/c21-14-4-6-15(7-5-14)22-20(24)13-2-1-3-17(10-13)29(25,26)23-16-8-9-18-19(11-16)28-12-27-18/h1-11,23H,12H2,(H,22,24). The molecule has 0 aromatic heterocycles. The maximum absolute atomic E-state index is 13.0. The highest BCUT2D eigenvalue weighted by molar-refractivity contribution is 7.92. The Bertz CT molecular complexity index is 1180. The van der Waals surface area contributed by atoms with Gasteiger partial charge in [0.1, 0.15) is 5.82 Å². The molecule has 9 heteroatoms. The number of sulfonamides is 1. The minimum atomic E-state index is -3.94. The first-order valence-electron chi connectivity index (χ1n) is 8.50. The van der Waals surface area contributed by atoms with Gasteiger partial charge in [-0.15, -0.1) is 0 Å². The van der Waals surface area contributed by atoms with Crippen molar-refractivity contribution < 1.29 is 27.1 Å². The summed E-state index contributed by atoms with van der Waals surface area (Å²) in [6, 6.07) is 15.5. The number of fused-ring (bicyclic) bond motifs is 1. The molecule has 0 saturated heterocycles. The summed E-state index contributed by atoms with van der Waals surface area (Å²) in [5, 5.41) is 2.59. The van der Waals surface area contributed by atoms with Crippen LogP contribution in [0.15, 0.2) is 71.6 Å². The maximum Gasteiger partial charge on any atom is 0.261 e. The van der Waals surface area contributed by atoms with Gasteiger partial charge in [0.05, 0.1) is 10.6 Å². The summed E-state index contributed by atoms with van der Waals surface area (Å²) >= 11 is 0. The van der Waals surface area contributed by atoms with E-state index in [0.717, 1.165) is 0 Å². The lowest BCUT2D eigenvalue weighted by atomic mass is 10.2. The fourth-order valence-corrected chi connectivity index (χ4v) is 3.81. The molecule has 0 atom stereocenters. The first kappa shape index (κ1) is 18.8. The second-order valence-electron chi connectivity index (χ2n) is 6.16. The van der Waals surface area contributed by atoms with Crippen molar-refractivity contribution in [2.45, 2.75) is 4.90 Å². The van der Waals surface area contributed by atoms with Crippen molar-refractivity contribution in [3.63, 3.8) is 0 Å². The van der Waals surface area contributed by atoms with Crippen LogP contribution in [-0.4, -0.2) is 21.1 Å². The van der Waals surface area contributed by atoms with E-state index in [0.29, 0.717) is 22.9 Å². The van der Waals surface area contributed by atoms with Gasteiger partial charge in [-0.1, -0.05) is 6.07 Å². The molecule has 3 aromatic rings. The Balaban J connectivity index is 1.53. The van der Waals surface area contributed by atoms with Crippen LogP contribution in [0, 0.1) is 5.82 Å². The average molecular weight is 414 g/mol. The van der Waals surface area contributed by atoms with E-state index in [1.807, 2.05) is 0 Å².